The van der Waals surface area contributed by atoms with Gasteiger partial charge in [0.15, 0.2) is 0 Å². The van der Waals surface area contributed by atoms with Crippen LogP contribution >= 0.6 is 0 Å². The van der Waals surface area contributed by atoms with Gasteiger partial charge in [-0.1, -0.05) is 55.8 Å². The minimum absolute atomic E-state index is 0.896. The van der Waals surface area contributed by atoms with E-state index in [1.54, 1.807) is 0 Å². The zero-order valence-corrected chi connectivity index (χ0v) is 14.2. The highest BCUT2D eigenvalue weighted by Crippen LogP contribution is 2.28. The summed E-state index contributed by atoms with van der Waals surface area (Å²) in [5, 5.41) is 0. The van der Waals surface area contributed by atoms with Crippen LogP contribution in [0.2, 0.25) is 0 Å². The molecule has 0 saturated heterocycles. The molecule has 0 spiro atoms. The number of hydrogen-bond donors (Lipinski definition) is 0. The monoisotopic (exact) mass is 320 g/mol. The average Bonchev–Trinajstić information content (AvgIpc) is 3.00. The van der Waals surface area contributed by atoms with E-state index in [9.17, 15) is 0 Å². The van der Waals surface area contributed by atoms with Gasteiger partial charge in [-0.15, -0.1) is 0 Å². The van der Waals surface area contributed by atoms with Gasteiger partial charge in [0.2, 0.25) is 5.95 Å². The lowest BCUT2D eigenvalue weighted by Crippen LogP contribution is -2.45. The summed E-state index contributed by atoms with van der Waals surface area (Å²) in [4.78, 5) is 9.83. The van der Waals surface area contributed by atoms with Crippen LogP contribution in [-0.2, 0) is 13.2 Å². The Bertz CT molecular complexity index is 809. The smallest absolute Gasteiger partial charge is 0.209 e. The Kier molecular flexibility index (Phi) is 4.22. The highest BCUT2D eigenvalue weighted by atomic mass is 15.5. The summed E-state index contributed by atoms with van der Waals surface area (Å²) in [5.74, 6) is 1.09. The van der Waals surface area contributed by atoms with E-state index in [2.05, 4.69) is 75.9 Å². The van der Waals surface area contributed by atoms with E-state index in [0.29, 0.717) is 0 Å². The van der Waals surface area contributed by atoms with Crippen LogP contribution in [0.5, 0.6) is 0 Å². The molecule has 24 heavy (non-hydrogen) atoms. The molecule has 3 aromatic rings. The molecule has 0 bridgehead atoms. The number of para-hydroxylation sites is 2. The van der Waals surface area contributed by atoms with Crippen molar-refractivity contribution < 1.29 is 0 Å². The van der Waals surface area contributed by atoms with E-state index in [4.69, 9.17) is 4.98 Å². The lowest BCUT2D eigenvalue weighted by atomic mass is 10.2. The first-order valence-corrected chi connectivity index (χ1v) is 8.81. The second-order valence-corrected chi connectivity index (χ2v) is 6.54. The predicted molar refractivity (Wildman–Crippen MR) is 98.8 cm³/mol. The molecule has 2 heterocycles. The molecule has 4 nitrogen and oxygen atoms in total. The molecule has 4 heteroatoms. The van der Waals surface area contributed by atoms with Crippen molar-refractivity contribution >= 4 is 17.0 Å². The predicted octanol–water partition coefficient (Wildman–Crippen LogP) is 4.07. The summed E-state index contributed by atoms with van der Waals surface area (Å²) in [6.07, 6.45) is 2.47. The van der Waals surface area contributed by atoms with Crippen molar-refractivity contribution in [3.63, 3.8) is 0 Å². The van der Waals surface area contributed by atoms with E-state index in [1.165, 1.54) is 23.9 Å². The van der Waals surface area contributed by atoms with Gasteiger partial charge in [-0.3, -0.25) is 9.47 Å². The number of nitrogens with zero attached hydrogens (tertiary/aromatic N) is 4. The summed E-state index contributed by atoms with van der Waals surface area (Å²) in [6.45, 7) is 6.16. The second-order valence-electron chi connectivity index (χ2n) is 6.54. The Balaban J connectivity index is 1.70. The van der Waals surface area contributed by atoms with E-state index < -0.39 is 0 Å². The van der Waals surface area contributed by atoms with Gasteiger partial charge in [0.1, 0.15) is 0 Å². The van der Waals surface area contributed by atoms with Gasteiger partial charge >= 0.3 is 0 Å². The van der Waals surface area contributed by atoms with Crippen LogP contribution < -0.4 is 4.90 Å². The van der Waals surface area contributed by atoms with Gasteiger partial charge in [0.05, 0.1) is 24.4 Å². The zero-order valence-electron chi connectivity index (χ0n) is 14.2. The molecule has 1 aromatic heterocycles. The first-order chi connectivity index (χ1) is 11.8. The number of aromatic nitrogens is 2. The van der Waals surface area contributed by atoms with Crippen molar-refractivity contribution in [2.45, 2.75) is 33.0 Å². The maximum Gasteiger partial charge on any atom is 0.209 e. The molecule has 0 N–H and O–H groups in total. The number of anilines is 1. The largest absolute Gasteiger partial charge is 0.325 e. The maximum absolute atomic E-state index is 4.91. The summed E-state index contributed by atoms with van der Waals surface area (Å²) in [5.41, 5.74) is 3.64. The Morgan fingerprint density at radius 2 is 1.75 bits per heavy atom. The minimum Gasteiger partial charge on any atom is -0.325 e. The summed E-state index contributed by atoms with van der Waals surface area (Å²) in [7, 11) is 0. The third-order valence-electron chi connectivity index (χ3n) is 4.67. The maximum atomic E-state index is 4.91. The average molecular weight is 320 g/mol. The Labute approximate surface area is 143 Å². The number of unbranched alkanes of at least 4 members (excludes halogenated alkanes) is 1. The van der Waals surface area contributed by atoms with Crippen LogP contribution in [0.1, 0.15) is 25.3 Å². The van der Waals surface area contributed by atoms with Crippen molar-refractivity contribution in [1.29, 1.82) is 0 Å². The lowest BCUT2D eigenvalue weighted by Gasteiger charge is -2.37. The molecule has 0 saturated carbocycles. The quantitative estimate of drug-likeness (QED) is 0.708. The SMILES string of the molecule is CCCCN1CN(Cc2ccccc2)c2nc3ccccc3n2C1. The summed E-state index contributed by atoms with van der Waals surface area (Å²) >= 11 is 0. The molecule has 0 amide bonds. The Hall–Kier alpha value is -2.33. The number of fused-ring (bicyclic) bond motifs is 3. The molecule has 0 atom stereocenters. The van der Waals surface area contributed by atoms with E-state index in [1.807, 2.05) is 0 Å². The molecule has 0 fully saturated rings. The first-order valence-electron chi connectivity index (χ1n) is 8.81. The van der Waals surface area contributed by atoms with Crippen molar-refractivity contribution in [2.24, 2.45) is 0 Å². The fraction of sp³-hybridized carbons (Fsp3) is 0.350. The standard InChI is InChI=1S/C20H24N4/c1-2-3-13-22-15-23(14-17-9-5-4-6-10-17)20-21-18-11-7-8-12-19(18)24(20)16-22/h4-12H,2-3,13-16H2,1H3. The normalized spacial score (nSPS) is 15.0. The molecule has 4 rings (SSSR count). The molecule has 0 aliphatic carbocycles. The van der Waals surface area contributed by atoms with Crippen LogP contribution in [0.25, 0.3) is 11.0 Å². The van der Waals surface area contributed by atoms with Gasteiger partial charge in [-0.05, 0) is 24.1 Å². The van der Waals surface area contributed by atoms with Gasteiger partial charge in [0.25, 0.3) is 0 Å². The number of imidazole rings is 1. The lowest BCUT2D eigenvalue weighted by molar-refractivity contribution is 0.195. The van der Waals surface area contributed by atoms with Gasteiger partial charge < -0.3 is 4.90 Å². The van der Waals surface area contributed by atoms with Crippen molar-refractivity contribution in [2.75, 3.05) is 18.1 Å². The van der Waals surface area contributed by atoms with Crippen LogP contribution in [-0.4, -0.2) is 27.7 Å². The summed E-state index contributed by atoms with van der Waals surface area (Å²) < 4.78 is 2.36. The number of rotatable bonds is 5. The topological polar surface area (TPSA) is 24.3 Å². The van der Waals surface area contributed by atoms with E-state index in [-0.39, 0.29) is 0 Å². The fourth-order valence-corrected chi connectivity index (χ4v) is 3.44. The molecule has 124 valence electrons. The van der Waals surface area contributed by atoms with Crippen LogP contribution in [0.15, 0.2) is 54.6 Å². The summed E-state index contributed by atoms with van der Waals surface area (Å²) in [6, 6.07) is 19.1. The molecular formula is C20H24N4. The van der Waals surface area contributed by atoms with E-state index >= 15 is 0 Å². The van der Waals surface area contributed by atoms with Crippen LogP contribution in [0, 0.1) is 0 Å². The molecule has 0 radical (unpaired) electrons. The highest BCUT2D eigenvalue weighted by molar-refractivity contribution is 5.79. The Morgan fingerprint density at radius 1 is 0.958 bits per heavy atom. The molecule has 0 unspecified atom stereocenters. The highest BCUT2D eigenvalue weighted by Gasteiger charge is 2.25. The first kappa shape index (κ1) is 15.2. The minimum atomic E-state index is 0.896. The van der Waals surface area contributed by atoms with Crippen LogP contribution in [0.3, 0.4) is 0 Å². The molecule has 2 aromatic carbocycles. The second kappa shape index (κ2) is 6.65. The zero-order chi connectivity index (χ0) is 16.4. The van der Waals surface area contributed by atoms with Gasteiger partial charge in [0, 0.05) is 13.1 Å². The molecular weight excluding hydrogens is 296 g/mol. The Morgan fingerprint density at radius 3 is 2.58 bits per heavy atom. The number of benzene rings is 2. The fourth-order valence-electron chi connectivity index (χ4n) is 3.44. The third-order valence-corrected chi connectivity index (χ3v) is 4.67. The third kappa shape index (κ3) is 2.89. The van der Waals surface area contributed by atoms with Crippen molar-refractivity contribution in [1.82, 2.24) is 14.5 Å². The van der Waals surface area contributed by atoms with Crippen LogP contribution in [0.4, 0.5) is 5.95 Å². The van der Waals surface area contributed by atoms with E-state index in [0.717, 1.165) is 37.9 Å². The molecule has 1 aliphatic rings. The van der Waals surface area contributed by atoms with Gasteiger partial charge in [-0.25, -0.2) is 4.98 Å². The molecule has 1 aliphatic heterocycles. The van der Waals surface area contributed by atoms with Gasteiger partial charge in [-0.2, -0.15) is 0 Å². The van der Waals surface area contributed by atoms with Crippen molar-refractivity contribution in [3.8, 4) is 0 Å². The number of hydrogen-bond acceptors (Lipinski definition) is 3. The van der Waals surface area contributed by atoms with Crippen molar-refractivity contribution in [3.05, 3.63) is 60.2 Å².